The van der Waals surface area contributed by atoms with Crippen molar-refractivity contribution in [3.63, 3.8) is 0 Å². The smallest absolute Gasteiger partial charge is 0.253 e. The zero-order valence-corrected chi connectivity index (χ0v) is 13.1. The van der Waals surface area contributed by atoms with Crippen molar-refractivity contribution >= 4 is 0 Å². The monoisotopic (exact) mass is 301 g/mol. The van der Waals surface area contributed by atoms with E-state index in [1.807, 2.05) is 19.6 Å². The van der Waals surface area contributed by atoms with Crippen molar-refractivity contribution in [3.05, 3.63) is 47.2 Å². The van der Waals surface area contributed by atoms with Gasteiger partial charge in [0.1, 0.15) is 0 Å². The van der Waals surface area contributed by atoms with Gasteiger partial charge >= 0.3 is 0 Å². The van der Waals surface area contributed by atoms with Gasteiger partial charge < -0.3 is 9.47 Å². The Morgan fingerprint density at radius 2 is 2.05 bits per heavy atom. The molecule has 118 valence electrons. The molecule has 1 aliphatic heterocycles. The molecule has 22 heavy (non-hydrogen) atoms. The first kappa shape index (κ1) is 15.0. The summed E-state index contributed by atoms with van der Waals surface area (Å²) in [7, 11) is 2.04. The lowest BCUT2D eigenvalue weighted by Crippen LogP contribution is -2.37. The van der Waals surface area contributed by atoms with Crippen molar-refractivity contribution in [2.75, 3.05) is 19.6 Å². The summed E-state index contributed by atoms with van der Waals surface area (Å²) in [6.07, 6.45) is 10.3. The van der Waals surface area contributed by atoms with Crippen LogP contribution in [-0.4, -0.2) is 43.6 Å². The van der Waals surface area contributed by atoms with Gasteiger partial charge in [-0.25, -0.2) is 9.97 Å². The van der Waals surface area contributed by atoms with Crippen LogP contribution in [-0.2, 0) is 20.0 Å². The summed E-state index contributed by atoms with van der Waals surface area (Å²) < 4.78 is 3.82. The SMILES string of the molecule is Cn1cncc1CCN1CCC(Cn2cnccc2=O)CC1. The predicted octanol–water partition coefficient (Wildman–Crippen LogP) is 0.931. The van der Waals surface area contributed by atoms with Gasteiger partial charge in [-0.3, -0.25) is 9.36 Å². The molecule has 0 radical (unpaired) electrons. The summed E-state index contributed by atoms with van der Waals surface area (Å²) in [5.41, 5.74) is 1.33. The molecular weight excluding hydrogens is 278 g/mol. The van der Waals surface area contributed by atoms with Crippen molar-refractivity contribution in [1.29, 1.82) is 0 Å². The van der Waals surface area contributed by atoms with Gasteiger partial charge in [0.2, 0.25) is 0 Å². The molecule has 0 aromatic carbocycles. The van der Waals surface area contributed by atoms with Crippen LogP contribution in [0.5, 0.6) is 0 Å². The molecule has 2 aromatic rings. The molecule has 0 N–H and O–H groups in total. The van der Waals surface area contributed by atoms with Crippen molar-refractivity contribution in [3.8, 4) is 0 Å². The van der Waals surface area contributed by atoms with E-state index in [4.69, 9.17) is 0 Å². The maximum Gasteiger partial charge on any atom is 0.253 e. The van der Waals surface area contributed by atoms with E-state index < -0.39 is 0 Å². The summed E-state index contributed by atoms with van der Waals surface area (Å²) in [6, 6.07) is 1.53. The molecule has 0 unspecified atom stereocenters. The molecule has 6 nitrogen and oxygen atoms in total. The van der Waals surface area contributed by atoms with E-state index in [0.717, 1.165) is 45.4 Å². The Hall–Kier alpha value is -1.95. The first-order chi connectivity index (χ1) is 10.7. The summed E-state index contributed by atoms with van der Waals surface area (Å²) >= 11 is 0. The Morgan fingerprint density at radius 3 is 2.73 bits per heavy atom. The number of aryl methyl sites for hydroxylation is 1. The van der Waals surface area contributed by atoms with Crippen LogP contribution in [0.4, 0.5) is 0 Å². The second-order valence-electron chi connectivity index (χ2n) is 6.10. The zero-order chi connectivity index (χ0) is 15.4. The first-order valence-electron chi connectivity index (χ1n) is 7.90. The van der Waals surface area contributed by atoms with Crippen LogP contribution in [0, 0.1) is 5.92 Å². The van der Waals surface area contributed by atoms with Crippen LogP contribution in [0.2, 0.25) is 0 Å². The molecule has 6 heteroatoms. The van der Waals surface area contributed by atoms with E-state index in [9.17, 15) is 4.79 Å². The second-order valence-corrected chi connectivity index (χ2v) is 6.10. The number of aromatic nitrogens is 4. The minimum atomic E-state index is 0.0497. The van der Waals surface area contributed by atoms with Crippen LogP contribution >= 0.6 is 0 Å². The fourth-order valence-corrected chi connectivity index (χ4v) is 3.08. The van der Waals surface area contributed by atoms with E-state index in [0.29, 0.717) is 5.92 Å². The molecule has 2 aromatic heterocycles. The molecular formula is C16H23N5O. The number of nitrogens with zero attached hydrogens (tertiary/aromatic N) is 5. The Labute approximate surface area is 130 Å². The fourth-order valence-electron chi connectivity index (χ4n) is 3.08. The molecule has 0 bridgehead atoms. The van der Waals surface area contributed by atoms with Gasteiger partial charge in [0, 0.05) is 50.7 Å². The molecule has 3 heterocycles. The largest absolute Gasteiger partial charge is 0.338 e. The number of likely N-dealkylation sites (tertiary alicyclic amines) is 1. The van der Waals surface area contributed by atoms with Gasteiger partial charge in [0.25, 0.3) is 5.56 Å². The lowest BCUT2D eigenvalue weighted by Gasteiger charge is -2.32. The summed E-state index contributed by atoms with van der Waals surface area (Å²) in [5, 5.41) is 0. The van der Waals surface area contributed by atoms with E-state index in [1.165, 1.54) is 11.8 Å². The van der Waals surface area contributed by atoms with Crippen LogP contribution in [0.3, 0.4) is 0 Å². The normalized spacial score (nSPS) is 17.0. The van der Waals surface area contributed by atoms with Crippen molar-refractivity contribution in [2.45, 2.75) is 25.8 Å². The van der Waals surface area contributed by atoms with E-state index in [2.05, 4.69) is 19.4 Å². The van der Waals surface area contributed by atoms with Gasteiger partial charge in [0.15, 0.2) is 0 Å². The predicted molar refractivity (Wildman–Crippen MR) is 84.6 cm³/mol. The molecule has 0 spiro atoms. The van der Waals surface area contributed by atoms with Gasteiger partial charge in [-0.15, -0.1) is 0 Å². The minimum Gasteiger partial charge on any atom is -0.338 e. The lowest BCUT2D eigenvalue weighted by atomic mass is 9.96. The quantitative estimate of drug-likeness (QED) is 0.824. The number of rotatable bonds is 5. The van der Waals surface area contributed by atoms with E-state index in [-0.39, 0.29) is 5.56 Å². The van der Waals surface area contributed by atoms with Crippen molar-refractivity contribution < 1.29 is 0 Å². The number of imidazole rings is 1. The molecule has 1 aliphatic rings. The standard InChI is InChI=1S/C16H23N5O/c1-19-12-18-10-15(19)5-9-20-7-3-14(4-8-20)11-21-13-17-6-2-16(21)22/h2,6,10,12-14H,3-5,7-9,11H2,1H3. The Bertz CT molecular complexity index is 654. The molecule has 0 amide bonds. The molecule has 0 aliphatic carbocycles. The molecule has 0 saturated carbocycles. The average molecular weight is 301 g/mol. The Kier molecular flexibility index (Phi) is 4.68. The van der Waals surface area contributed by atoms with Crippen LogP contribution in [0.1, 0.15) is 18.5 Å². The molecule has 1 fully saturated rings. The molecule has 0 atom stereocenters. The summed E-state index contributed by atoms with van der Waals surface area (Å²) in [5.74, 6) is 0.579. The third-order valence-electron chi connectivity index (χ3n) is 4.55. The highest BCUT2D eigenvalue weighted by Gasteiger charge is 2.19. The number of hydrogen-bond donors (Lipinski definition) is 0. The van der Waals surface area contributed by atoms with Crippen molar-refractivity contribution in [2.24, 2.45) is 13.0 Å². The molecule has 1 saturated heterocycles. The highest BCUT2D eigenvalue weighted by atomic mass is 16.1. The van der Waals surface area contributed by atoms with Gasteiger partial charge in [0.05, 0.1) is 12.7 Å². The number of hydrogen-bond acceptors (Lipinski definition) is 4. The van der Waals surface area contributed by atoms with E-state index in [1.54, 1.807) is 17.1 Å². The third-order valence-corrected chi connectivity index (χ3v) is 4.55. The summed E-state index contributed by atoms with van der Waals surface area (Å²) in [4.78, 5) is 22.4. The lowest BCUT2D eigenvalue weighted by molar-refractivity contribution is 0.174. The first-order valence-corrected chi connectivity index (χ1v) is 7.90. The van der Waals surface area contributed by atoms with Crippen LogP contribution in [0.25, 0.3) is 0 Å². The highest BCUT2D eigenvalue weighted by Crippen LogP contribution is 2.18. The highest BCUT2D eigenvalue weighted by molar-refractivity contribution is 4.98. The van der Waals surface area contributed by atoms with Crippen molar-refractivity contribution in [1.82, 2.24) is 24.0 Å². The van der Waals surface area contributed by atoms with Gasteiger partial charge in [-0.2, -0.15) is 0 Å². The number of piperidine rings is 1. The van der Waals surface area contributed by atoms with Gasteiger partial charge in [-0.1, -0.05) is 0 Å². The Morgan fingerprint density at radius 1 is 1.23 bits per heavy atom. The average Bonchev–Trinajstić information content (AvgIpc) is 2.94. The maximum absolute atomic E-state index is 11.7. The molecule has 3 rings (SSSR count). The zero-order valence-electron chi connectivity index (χ0n) is 13.1. The third kappa shape index (κ3) is 3.62. The summed E-state index contributed by atoms with van der Waals surface area (Å²) in [6.45, 7) is 4.09. The second kappa shape index (κ2) is 6.87. The minimum absolute atomic E-state index is 0.0497. The Balaban J connectivity index is 1.45. The van der Waals surface area contributed by atoms with Crippen LogP contribution < -0.4 is 5.56 Å². The van der Waals surface area contributed by atoms with E-state index >= 15 is 0 Å². The topological polar surface area (TPSA) is 56.0 Å². The van der Waals surface area contributed by atoms with Crippen LogP contribution in [0.15, 0.2) is 35.9 Å². The maximum atomic E-state index is 11.7. The fraction of sp³-hybridized carbons (Fsp3) is 0.562. The van der Waals surface area contributed by atoms with Gasteiger partial charge in [-0.05, 0) is 31.8 Å².